The molecule has 0 aromatic carbocycles. The van der Waals surface area contributed by atoms with Crippen LogP contribution in [0.2, 0.25) is 0 Å². The van der Waals surface area contributed by atoms with Gasteiger partial charge in [-0.2, -0.15) is 0 Å². The molecule has 0 aromatic rings. The van der Waals surface area contributed by atoms with Gasteiger partial charge in [-0.3, -0.25) is 4.79 Å². The van der Waals surface area contributed by atoms with Crippen LogP contribution >= 0.6 is 0 Å². The van der Waals surface area contributed by atoms with Gasteiger partial charge in [-0.25, -0.2) is 4.79 Å². The van der Waals surface area contributed by atoms with Gasteiger partial charge in [0.1, 0.15) is 0 Å². The topological polar surface area (TPSA) is 116 Å². The lowest BCUT2D eigenvalue weighted by atomic mass is 9.79. The van der Waals surface area contributed by atoms with Crippen LogP contribution in [-0.4, -0.2) is 58.2 Å². The van der Waals surface area contributed by atoms with Crippen LogP contribution in [0.25, 0.3) is 0 Å². The first kappa shape index (κ1) is 18.6. The minimum absolute atomic E-state index is 0.144. The second kappa shape index (κ2) is 8.26. The molecule has 0 saturated carbocycles. The van der Waals surface area contributed by atoms with Crippen molar-refractivity contribution in [2.45, 2.75) is 58.0 Å². The number of carbonyl (C=O) groups excluding carboxylic acids is 1. The van der Waals surface area contributed by atoms with Crippen molar-refractivity contribution >= 4 is 11.9 Å². The summed E-state index contributed by atoms with van der Waals surface area (Å²) < 4.78 is 5.73. The predicted octanol–water partition coefficient (Wildman–Crippen LogP) is 0.0589. The molecule has 0 heterocycles. The summed E-state index contributed by atoms with van der Waals surface area (Å²) in [6.07, 6.45) is 0.215. The Morgan fingerprint density at radius 2 is 2.09 bits per heavy atom. The molecule has 0 fully saturated rings. The molecule has 4 atom stereocenters. The monoisotopic (exact) mass is 315 g/mol. The van der Waals surface area contributed by atoms with E-state index >= 15 is 0 Å². The van der Waals surface area contributed by atoms with Gasteiger partial charge in [-0.05, 0) is 38.7 Å². The quantitative estimate of drug-likeness (QED) is 0.528. The Labute approximate surface area is 130 Å². The van der Waals surface area contributed by atoms with Crippen LogP contribution in [0.5, 0.6) is 0 Å². The molecule has 1 aliphatic rings. The molecular formula is C15H25NO6. The largest absolute Gasteiger partial charge is 0.478 e. The minimum atomic E-state index is -1.04. The normalized spacial score (nSPS) is 26.5. The van der Waals surface area contributed by atoms with Crippen molar-refractivity contribution in [1.82, 2.24) is 5.32 Å². The predicted molar refractivity (Wildman–Crippen MR) is 79.1 cm³/mol. The molecule has 4 N–H and O–H groups in total. The van der Waals surface area contributed by atoms with Crippen LogP contribution < -0.4 is 5.32 Å². The summed E-state index contributed by atoms with van der Waals surface area (Å²) in [4.78, 5) is 22.7. The van der Waals surface area contributed by atoms with E-state index in [0.717, 1.165) is 0 Å². The van der Waals surface area contributed by atoms with Crippen LogP contribution in [-0.2, 0) is 14.3 Å². The highest BCUT2D eigenvalue weighted by Crippen LogP contribution is 2.31. The molecule has 0 bridgehead atoms. The van der Waals surface area contributed by atoms with E-state index in [1.165, 1.54) is 13.0 Å². The summed E-state index contributed by atoms with van der Waals surface area (Å²) >= 11 is 0. The summed E-state index contributed by atoms with van der Waals surface area (Å²) in [7, 11) is 0. The number of nitrogens with one attached hydrogen (secondary N) is 1. The van der Waals surface area contributed by atoms with E-state index in [4.69, 9.17) is 9.84 Å². The van der Waals surface area contributed by atoms with Gasteiger partial charge in [0.15, 0.2) is 0 Å². The second-order valence-electron chi connectivity index (χ2n) is 5.91. The molecule has 0 radical (unpaired) electrons. The zero-order valence-corrected chi connectivity index (χ0v) is 13.2. The van der Waals surface area contributed by atoms with Gasteiger partial charge < -0.3 is 25.4 Å². The van der Waals surface area contributed by atoms with Crippen molar-refractivity contribution in [3.05, 3.63) is 11.6 Å². The highest BCUT2D eigenvalue weighted by Gasteiger charge is 2.37. The van der Waals surface area contributed by atoms with E-state index in [2.05, 4.69) is 5.32 Å². The average Bonchev–Trinajstić information content (AvgIpc) is 2.40. The standard InChI is InChI=1S/C15H25NO6/c1-8(2)22-13-6-11(15(20)21)4-10(5-12(19)7-17)14(13)16-9(3)18/h6,8,10,12-14,17,19H,4-5,7H2,1-3H3,(H,16,18)(H,20,21)/t10-,12?,13-,14-/m1/s1. The summed E-state index contributed by atoms with van der Waals surface area (Å²) in [6, 6.07) is -0.441. The van der Waals surface area contributed by atoms with Crippen molar-refractivity contribution in [3.8, 4) is 0 Å². The van der Waals surface area contributed by atoms with Gasteiger partial charge >= 0.3 is 5.97 Å². The summed E-state index contributed by atoms with van der Waals surface area (Å²) in [5.41, 5.74) is 0.197. The zero-order valence-electron chi connectivity index (χ0n) is 13.2. The zero-order chi connectivity index (χ0) is 16.9. The number of aliphatic hydroxyl groups excluding tert-OH is 2. The lowest BCUT2D eigenvalue weighted by Crippen LogP contribution is -2.51. The molecule has 0 aliphatic heterocycles. The smallest absolute Gasteiger partial charge is 0.331 e. The number of aliphatic hydroxyl groups is 2. The summed E-state index contributed by atoms with van der Waals surface area (Å²) in [5, 5.41) is 30.7. The molecule has 1 unspecified atom stereocenters. The molecule has 0 saturated heterocycles. The number of rotatable bonds is 7. The Balaban J connectivity index is 3.07. The molecule has 1 aliphatic carbocycles. The molecular weight excluding hydrogens is 290 g/mol. The highest BCUT2D eigenvalue weighted by atomic mass is 16.5. The Morgan fingerprint density at radius 3 is 2.55 bits per heavy atom. The summed E-state index contributed by atoms with van der Waals surface area (Å²) in [5.74, 6) is -1.62. The number of carboxylic acids is 1. The Kier molecular flexibility index (Phi) is 6.99. The van der Waals surface area contributed by atoms with Crippen LogP contribution in [0.1, 0.15) is 33.6 Å². The number of carboxylic acid groups (broad SMARTS) is 1. The molecule has 22 heavy (non-hydrogen) atoms. The van der Waals surface area contributed by atoms with Crippen LogP contribution in [0, 0.1) is 5.92 Å². The molecule has 1 amide bonds. The van der Waals surface area contributed by atoms with E-state index in [-0.39, 0.29) is 36.3 Å². The molecule has 0 aromatic heterocycles. The maximum absolute atomic E-state index is 11.4. The fourth-order valence-corrected chi connectivity index (χ4v) is 2.73. The first-order valence-corrected chi connectivity index (χ1v) is 7.40. The number of amides is 1. The average molecular weight is 315 g/mol. The van der Waals surface area contributed by atoms with E-state index in [1.54, 1.807) is 0 Å². The van der Waals surface area contributed by atoms with E-state index in [9.17, 15) is 19.8 Å². The van der Waals surface area contributed by atoms with Gasteiger partial charge in [-0.1, -0.05) is 0 Å². The van der Waals surface area contributed by atoms with Crippen molar-refractivity contribution in [2.75, 3.05) is 6.61 Å². The fourth-order valence-electron chi connectivity index (χ4n) is 2.73. The highest BCUT2D eigenvalue weighted by molar-refractivity contribution is 5.87. The van der Waals surface area contributed by atoms with Crippen LogP contribution in [0.4, 0.5) is 0 Å². The third-order valence-electron chi connectivity index (χ3n) is 3.57. The van der Waals surface area contributed by atoms with Gasteiger partial charge in [-0.15, -0.1) is 0 Å². The molecule has 7 heteroatoms. The molecule has 126 valence electrons. The lowest BCUT2D eigenvalue weighted by molar-refractivity contribution is -0.133. The van der Waals surface area contributed by atoms with Gasteiger partial charge in [0.25, 0.3) is 0 Å². The number of ether oxygens (including phenoxy) is 1. The maximum Gasteiger partial charge on any atom is 0.331 e. The van der Waals surface area contributed by atoms with Gasteiger partial charge in [0.05, 0.1) is 31.0 Å². The number of carbonyl (C=O) groups is 2. The summed E-state index contributed by atoms with van der Waals surface area (Å²) in [6.45, 7) is 4.62. The lowest BCUT2D eigenvalue weighted by Gasteiger charge is -2.38. The first-order valence-electron chi connectivity index (χ1n) is 7.40. The second-order valence-corrected chi connectivity index (χ2v) is 5.91. The molecule has 1 rings (SSSR count). The number of hydrogen-bond acceptors (Lipinski definition) is 5. The Morgan fingerprint density at radius 1 is 1.45 bits per heavy atom. The van der Waals surface area contributed by atoms with Crippen LogP contribution in [0.15, 0.2) is 11.6 Å². The fraction of sp³-hybridized carbons (Fsp3) is 0.733. The molecule has 0 spiro atoms. The SMILES string of the molecule is CC(=O)N[C@@H]1[C@@H](CC(O)CO)CC(C(=O)O)=C[C@H]1OC(C)C. The van der Waals surface area contributed by atoms with Crippen molar-refractivity contribution in [3.63, 3.8) is 0 Å². The maximum atomic E-state index is 11.4. The van der Waals surface area contributed by atoms with Crippen molar-refractivity contribution in [1.29, 1.82) is 0 Å². The van der Waals surface area contributed by atoms with E-state index < -0.39 is 30.8 Å². The Bertz CT molecular complexity index is 434. The first-order chi connectivity index (χ1) is 10.2. The molecule has 7 nitrogen and oxygen atoms in total. The third kappa shape index (κ3) is 5.40. The van der Waals surface area contributed by atoms with E-state index in [1.807, 2.05) is 13.8 Å². The van der Waals surface area contributed by atoms with Crippen molar-refractivity contribution < 1.29 is 29.6 Å². The number of hydrogen-bond donors (Lipinski definition) is 4. The Hall–Kier alpha value is -1.44. The van der Waals surface area contributed by atoms with E-state index in [0.29, 0.717) is 0 Å². The minimum Gasteiger partial charge on any atom is -0.478 e. The van der Waals surface area contributed by atoms with Crippen molar-refractivity contribution in [2.24, 2.45) is 5.92 Å². The van der Waals surface area contributed by atoms with Gasteiger partial charge in [0.2, 0.25) is 5.91 Å². The number of aliphatic carboxylic acids is 1. The van der Waals surface area contributed by atoms with Crippen LogP contribution in [0.3, 0.4) is 0 Å². The third-order valence-corrected chi connectivity index (χ3v) is 3.57. The van der Waals surface area contributed by atoms with Gasteiger partial charge in [0, 0.05) is 12.5 Å².